The second kappa shape index (κ2) is 5.32. The molecule has 1 aromatic heterocycles. The molecule has 0 aliphatic heterocycles. The average molecular weight is 280 g/mol. The predicted molar refractivity (Wildman–Crippen MR) is 73.7 cm³/mol. The number of nitrogens with zero attached hydrogens (tertiary/aromatic N) is 2. The maximum Gasteiger partial charge on any atom is 0.339 e. The van der Waals surface area contributed by atoms with Gasteiger partial charge >= 0.3 is 5.97 Å². The maximum atomic E-state index is 11.2. The van der Waals surface area contributed by atoms with E-state index in [0.29, 0.717) is 12.2 Å². The van der Waals surface area contributed by atoms with Crippen LogP contribution >= 0.6 is 11.6 Å². The van der Waals surface area contributed by atoms with Crippen LogP contribution in [0.3, 0.4) is 0 Å². The molecule has 2 rings (SSSR count). The van der Waals surface area contributed by atoms with E-state index in [0.717, 1.165) is 11.3 Å². The zero-order chi connectivity index (χ0) is 14.0. The van der Waals surface area contributed by atoms with E-state index in [4.69, 9.17) is 16.7 Å². The molecule has 0 fully saturated rings. The standard InChI is InChI=1S/C13H14ClN3O2/c1-8-9(7-16-17(8)2)6-15-11-5-3-4-10(14)12(11)13(18)19/h3-5,7,15H,6H2,1-2H3,(H,18,19). The summed E-state index contributed by atoms with van der Waals surface area (Å²) < 4.78 is 1.77. The number of aromatic carboxylic acids is 1. The van der Waals surface area contributed by atoms with E-state index in [9.17, 15) is 4.79 Å². The first-order valence-corrected chi connectivity index (χ1v) is 6.11. The highest BCUT2D eigenvalue weighted by Crippen LogP contribution is 2.25. The lowest BCUT2D eigenvalue weighted by Gasteiger charge is -2.10. The number of aromatic nitrogens is 2. The average Bonchev–Trinajstić information content (AvgIpc) is 2.67. The van der Waals surface area contributed by atoms with Gasteiger partial charge in [-0.3, -0.25) is 4.68 Å². The number of carboxylic acid groups (broad SMARTS) is 1. The van der Waals surface area contributed by atoms with Crippen molar-refractivity contribution in [3.05, 3.63) is 46.2 Å². The predicted octanol–water partition coefficient (Wildman–Crippen LogP) is 2.69. The number of hydrogen-bond acceptors (Lipinski definition) is 3. The van der Waals surface area contributed by atoms with Crippen LogP contribution in [-0.2, 0) is 13.6 Å². The SMILES string of the molecule is Cc1c(CNc2cccc(Cl)c2C(=O)O)cnn1C. The largest absolute Gasteiger partial charge is 0.478 e. The number of carbonyl (C=O) groups is 1. The van der Waals surface area contributed by atoms with Gasteiger partial charge in [-0.2, -0.15) is 5.10 Å². The molecule has 0 bridgehead atoms. The first kappa shape index (κ1) is 13.4. The summed E-state index contributed by atoms with van der Waals surface area (Å²) >= 11 is 5.90. The van der Waals surface area contributed by atoms with Crippen molar-refractivity contribution in [1.29, 1.82) is 0 Å². The van der Waals surface area contributed by atoms with Crippen LogP contribution in [0.25, 0.3) is 0 Å². The van der Waals surface area contributed by atoms with Crippen LogP contribution in [0.15, 0.2) is 24.4 Å². The first-order chi connectivity index (χ1) is 9.00. The lowest BCUT2D eigenvalue weighted by atomic mass is 10.1. The number of aryl methyl sites for hydroxylation is 1. The van der Waals surface area contributed by atoms with Crippen molar-refractivity contribution in [3.63, 3.8) is 0 Å². The minimum Gasteiger partial charge on any atom is -0.478 e. The Hall–Kier alpha value is -2.01. The molecule has 0 unspecified atom stereocenters. The summed E-state index contributed by atoms with van der Waals surface area (Å²) in [7, 11) is 1.86. The second-order valence-electron chi connectivity index (χ2n) is 4.20. The molecule has 0 amide bonds. The summed E-state index contributed by atoms with van der Waals surface area (Å²) in [5, 5.41) is 16.6. The molecule has 0 spiro atoms. The molecule has 1 aromatic carbocycles. The zero-order valence-electron chi connectivity index (χ0n) is 10.6. The smallest absolute Gasteiger partial charge is 0.339 e. The number of halogens is 1. The van der Waals surface area contributed by atoms with Gasteiger partial charge in [-0.15, -0.1) is 0 Å². The second-order valence-corrected chi connectivity index (χ2v) is 4.61. The van der Waals surface area contributed by atoms with Crippen molar-refractivity contribution >= 4 is 23.3 Å². The van der Waals surface area contributed by atoms with E-state index in [2.05, 4.69) is 10.4 Å². The minimum atomic E-state index is -1.05. The Morgan fingerprint density at radius 2 is 2.26 bits per heavy atom. The molecule has 1 heterocycles. The van der Waals surface area contributed by atoms with Gasteiger partial charge < -0.3 is 10.4 Å². The van der Waals surface area contributed by atoms with Gasteiger partial charge in [0, 0.05) is 24.8 Å². The van der Waals surface area contributed by atoms with Crippen LogP contribution < -0.4 is 5.32 Å². The molecular weight excluding hydrogens is 266 g/mol. The van der Waals surface area contributed by atoms with Crippen molar-refractivity contribution in [1.82, 2.24) is 9.78 Å². The van der Waals surface area contributed by atoms with Crippen LogP contribution in [0, 0.1) is 6.92 Å². The summed E-state index contributed by atoms with van der Waals surface area (Å²) in [4.78, 5) is 11.2. The molecular formula is C13H14ClN3O2. The highest BCUT2D eigenvalue weighted by atomic mass is 35.5. The number of rotatable bonds is 4. The fraction of sp³-hybridized carbons (Fsp3) is 0.231. The monoisotopic (exact) mass is 279 g/mol. The van der Waals surface area contributed by atoms with E-state index >= 15 is 0 Å². The molecule has 2 N–H and O–H groups in total. The number of hydrogen-bond donors (Lipinski definition) is 2. The van der Waals surface area contributed by atoms with Crippen molar-refractivity contribution in [2.45, 2.75) is 13.5 Å². The summed E-state index contributed by atoms with van der Waals surface area (Å²) in [5.41, 5.74) is 2.64. The van der Waals surface area contributed by atoms with Crippen LogP contribution in [0.2, 0.25) is 5.02 Å². The Kier molecular flexibility index (Phi) is 3.76. The molecule has 0 aliphatic rings. The number of anilines is 1. The maximum absolute atomic E-state index is 11.2. The highest BCUT2D eigenvalue weighted by molar-refractivity contribution is 6.34. The van der Waals surface area contributed by atoms with E-state index in [1.54, 1.807) is 29.1 Å². The Balaban J connectivity index is 2.23. The molecule has 0 aliphatic carbocycles. The minimum absolute atomic E-state index is 0.0886. The van der Waals surface area contributed by atoms with Gasteiger partial charge in [0.2, 0.25) is 0 Å². The molecule has 2 aromatic rings. The van der Waals surface area contributed by atoms with Crippen molar-refractivity contribution in [2.24, 2.45) is 7.05 Å². The molecule has 100 valence electrons. The number of carboxylic acids is 1. The van der Waals surface area contributed by atoms with Crippen LogP contribution in [0.5, 0.6) is 0 Å². The molecule has 5 nitrogen and oxygen atoms in total. The summed E-state index contributed by atoms with van der Waals surface area (Å²) in [5.74, 6) is -1.05. The quantitative estimate of drug-likeness (QED) is 0.903. The van der Waals surface area contributed by atoms with Crippen LogP contribution in [-0.4, -0.2) is 20.9 Å². The van der Waals surface area contributed by atoms with Gasteiger partial charge in [0.1, 0.15) is 5.56 Å². The van der Waals surface area contributed by atoms with Crippen molar-refractivity contribution in [2.75, 3.05) is 5.32 Å². The third-order valence-electron chi connectivity index (χ3n) is 3.03. The Bertz CT molecular complexity index is 622. The Morgan fingerprint density at radius 3 is 2.84 bits per heavy atom. The molecule has 0 saturated carbocycles. The third-order valence-corrected chi connectivity index (χ3v) is 3.35. The zero-order valence-corrected chi connectivity index (χ0v) is 11.4. The fourth-order valence-electron chi connectivity index (χ4n) is 1.80. The fourth-order valence-corrected chi connectivity index (χ4v) is 2.05. The van der Waals surface area contributed by atoms with E-state index < -0.39 is 5.97 Å². The molecule has 6 heteroatoms. The normalized spacial score (nSPS) is 10.5. The molecule has 0 saturated heterocycles. The number of nitrogens with one attached hydrogen (secondary N) is 1. The first-order valence-electron chi connectivity index (χ1n) is 5.74. The topological polar surface area (TPSA) is 67.2 Å². The van der Waals surface area contributed by atoms with Gasteiger partial charge in [-0.25, -0.2) is 4.79 Å². The third kappa shape index (κ3) is 2.71. The lowest BCUT2D eigenvalue weighted by molar-refractivity contribution is 0.0698. The summed E-state index contributed by atoms with van der Waals surface area (Å²) in [6.07, 6.45) is 1.76. The summed E-state index contributed by atoms with van der Waals surface area (Å²) in [6.45, 7) is 2.46. The van der Waals surface area contributed by atoms with Gasteiger partial charge in [-0.1, -0.05) is 17.7 Å². The van der Waals surface area contributed by atoms with Gasteiger partial charge in [0.25, 0.3) is 0 Å². The number of benzene rings is 1. The van der Waals surface area contributed by atoms with Gasteiger partial charge in [0.05, 0.1) is 16.9 Å². The molecule has 0 atom stereocenters. The summed E-state index contributed by atoms with van der Waals surface area (Å²) in [6, 6.07) is 4.97. The van der Waals surface area contributed by atoms with Crippen molar-refractivity contribution in [3.8, 4) is 0 Å². The van der Waals surface area contributed by atoms with Crippen molar-refractivity contribution < 1.29 is 9.90 Å². The van der Waals surface area contributed by atoms with E-state index in [1.165, 1.54) is 0 Å². The Morgan fingerprint density at radius 1 is 1.53 bits per heavy atom. The molecule has 0 radical (unpaired) electrons. The lowest BCUT2D eigenvalue weighted by Crippen LogP contribution is -2.07. The molecule has 19 heavy (non-hydrogen) atoms. The van der Waals surface area contributed by atoms with Gasteiger partial charge in [0.15, 0.2) is 0 Å². The van der Waals surface area contributed by atoms with E-state index in [1.807, 2.05) is 14.0 Å². The van der Waals surface area contributed by atoms with E-state index in [-0.39, 0.29) is 10.6 Å². The Labute approximate surface area is 115 Å². The van der Waals surface area contributed by atoms with Crippen LogP contribution in [0.1, 0.15) is 21.6 Å². The van der Waals surface area contributed by atoms with Gasteiger partial charge in [-0.05, 0) is 19.1 Å². The van der Waals surface area contributed by atoms with Crippen LogP contribution in [0.4, 0.5) is 5.69 Å². The highest BCUT2D eigenvalue weighted by Gasteiger charge is 2.14.